The predicted octanol–water partition coefficient (Wildman–Crippen LogP) is 2.81. The Hall–Kier alpha value is -1.03. The van der Waals surface area contributed by atoms with Crippen molar-refractivity contribution in [3.8, 4) is 5.75 Å². The lowest BCUT2D eigenvalue weighted by Crippen LogP contribution is -2.07. The minimum Gasteiger partial charge on any atom is -0.495 e. The van der Waals surface area contributed by atoms with Crippen molar-refractivity contribution in [2.75, 3.05) is 14.2 Å². The maximum atomic E-state index is 11.5. The summed E-state index contributed by atoms with van der Waals surface area (Å²) < 4.78 is 10.8. The monoisotopic (exact) mass is 272 g/mol. The van der Waals surface area contributed by atoms with Gasteiger partial charge >= 0.3 is 5.97 Å². The molecule has 0 saturated carbocycles. The van der Waals surface area contributed by atoms with E-state index in [1.54, 1.807) is 19.2 Å². The van der Waals surface area contributed by atoms with E-state index in [0.717, 1.165) is 10.0 Å². The van der Waals surface area contributed by atoms with Crippen LogP contribution in [0.4, 0.5) is 0 Å². The zero-order valence-electron chi connectivity index (χ0n) is 8.96. The molecule has 0 fully saturated rings. The molecular formula is C11H13BrO3. The molecule has 82 valence electrons. The largest absolute Gasteiger partial charge is 0.495 e. The van der Waals surface area contributed by atoms with E-state index in [4.69, 9.17) is 9.47 Å². The Labute approximate surface area is 97.5 Å². The molecule has 0 aromatic heterocycles. The number of carbonyl (C=O) groups excluding carboxylic acids is 1. The second kappa shape index (κ2) is 5.16. The molecule has 1 aromatic carbocycles. The van der Waals surface area contributed by atoms with Gasteiger partial charge in [-0.15, -0.1) is 0 Å². The molecule has 0 aliphatic heterocycles. The van der Waals surface area contributed by atoms with E-state index in [-0.39, 0.29) is 5.97 Å². The first-order chi connectivity index (χ1) is 7.15. The first-order valence-corrected chi connectivity index (χ1v) is 5.38. The predicted molar refractivity (Wildman–Crippen MR) is 61.4 cm³/mol. The summed E-state index contributed by atoms with van der Waals surface area (Å²) in [6.45, 7) is 1.97. The fraction of sp³-hybridized carbons (Fsp3) is 0.364. The first kappa shape index (κ1) is 12.0. The van der Waals surface area contributed by atoms with Crippen LogP contribution in [0.5, 0.6) is 5.75 Å². The van der Waals surface area contributed by atoms with E-state index in [9.17, 15) is 4.79 Å². The van der Waals surface area contributed by atoms with E-state index in [1.165, 1.54) is 7.11 Å². The lowest BCUT2D eigenvalue weighted by Gasteiger charge is -2.12. The van der Waals surface area contributed by atoms with Crippen LogP contribution in [-0.4, -0.2) is 20.2 Å². The Morgan fingerprint density at radius 1 is 1.40 bits per heavy atom. The normalized spacial score (nSPS) is 9.87. The van der Waals surface area contributed by atoms with E-state index in [2.05, 4.69) is 15.9 Å². The Bertz CT molecular complexity index is 374. The molecule has 0 amide bonds. The molecule has 0 aliphatic rings. The van der Waals surface area contributed by atoms with Crippen molar-refractivity contribution in [3.05, 3.63) is 27.7 Å². The van der Waals surface area contributed by atoms with Crippen molar-refractivity contribution in [2.45, 2.75) is 13.3 Å². The molecule has 0 saturated heterocycles. The van der Waals surface area contributed by atoms with Crippen LogP contribution in [0.1, 0.15) is 22.8 Å². The molecule has 0 unspecified atom stereocenters. The number of halogens is 1. The fourth-order valence-electron chi connectivity index (χ4n) is 1.47. The molecule has 0 spiro atoms. The number of carbonyl (C=O) groups is 1. The summed E-state index contributed by atoms with van der Waals surface area (Å²) >= 11 is 3.38. The van der Waals surface area contributed by atoms with Crippen molar-refractivity contribution in [2.24, 2.45) is 0 Å². The first-order valence-electron chi connectivity index (χ1n) is 4.59. The quantitative estimate of drug-likeness (QED) is 0.794. The van der Waals surface area contributed by atoms with Gasteiger partial charge in [0.1, 0.15) is 5.75 Å². The van der Waals surface area contributed by atoms with Crippen molar-refractivity contribution in [3.63, 3.8) is 0 Å². The van der Waals surface area contributed by atoms with Gasteiger partial charge in [0.25, 0.3) is 0 Å². The van der Waals surface area contributed by atoms with Crippen molar-refractivity contribution < 1.29 is 14.3 Å². The van der Waals surface area contributed by atoms with Gasteiger partial charge in [-0.3, -0.25) is 0 Å². The summed E-state index contributed by atoms with van der Waals surface area (Å²) in [5, 5.41) is 0. The Balaban J connectivity index is 3.35. The average molecular weight is 273 g/mol. The summed E-state index contributed by atoms with van der Waals surface area (Å²) in [5.74, 6) is 0.359. The summed E-state index contributed by atoms with van der Waals surface area (Å²) in [7, 11) is 2.95. The van der Waals surface area contributed by atoms with Gasteiger partial charge in [0, 0.05) is 5.56 Å². The minimum atomic E-state index is -0.336. The number of benzene rings is 1. The molecule has 0 N–H and O–H groups in total. The Morgan fingerprint density at radius 3 is 2.53 bits per heavy atom. The third-order valence-electron chi connectivity index (χ3n) is 2.18. The van der Waals surface area contributed by atoms with Gasteiger partial charge in [-0.25, -0.2) is 4.79 Å². The SMILES string of the molecule is CCc1c(C(=O)OC)ccc(Br)c1OC. The van der Waals surface area contributed by atoms with Crippen LogP contribution < -0.4 is 4.74 Å². The number of rotatable bonds is 3. The number of esters is 1. The van der Waals surface area contributed by atoms with Crippen LogP contribution in [0.3, 0.4) is 0 Å². The molecule has 3 nitrogen and oxygen atoms in total. The highest BCUT2D eigenvalue weighted by Gasteiger charge is 2.16. The molecule has 0 bridgehead atoms. The molecule has 0 radical (unpaired) electrons. The third kappa shape index (κ3) is 2.31. The van der Waals surface area contributed by atoms with Gasteiger partial charge in [-0.2, -0.15) is 0 Å². The number of methoxy groups -OCH3 is 2. The molecule has 0 atom stereocenters. The van der Waals surface area contributed by atoms with E-state index >= 15 is 0 Å². The molecule has 15 heavy (non-hydrogen) atoms. The van der Waals surface area contributed by atoms with Crippen LogP contribution in [-0.2, 0) is 11.2 Å². The molecule has 0 heterocycles. The van der Waals surface area contributed by atoms with Crippen LogP contribution in [0.15, 0.2) is 16.6 Å². The van der Waals surface area contributed by atoms with Crippen LogP contribution in [0.2, 0.25) is 0 Å². The van der Waals surface area contributed by atoms with Gasteiger partial charge in [0.2, 0.25) is 0 Å². The number of hydrogen-bond acceptors (Lipinski definition) is 3. The smallest absolute Gasteiger partial charge is 0.338 e. The van der Waals surface area contributed by atoms with Crippen LogP contribution in [0, 0.1) is 0 Å². The van der Waals surface area contributed by atoms with Crippen molar-refractivity contribution in [1.29, 1.82) is 0 Å². The fourth-order valence-corrected chi connectivity index (χ4v) is 2.01. The summed E-state index contributed by atoms with van der Waals surface area (Å²) in [5.41, 5.74) is 1.42. The lowest BCUT2D eigenvalue weighted by molar-refractivity contribution is 0.0599. The minimum absolute atomic E-state index is 0.336. The maximum Gasteiger partial charge on any atom is 0.338 e. The standard InChI is InChI=1S/C11H13BrO3/c1-4-7-8(11(13)15-3)5-6-9(12)10(7)14-2/h5-6H,4H2,1-3H3. The molecular weight excluding hydrogens is 260 g/mol. The van der Waals surface area contributed by atoms with Crippen molar-refractivity contribution in [1.82, 2.24) is 0 Å². The topological polar surface area (TPSA) is 35.5 Å². The van der Waals surface area contributed by atoms with Gasteiger partial charge in [0.05, 0.1) is 24.3 Å². The van der Waals surface area contributed by atoms with Gasteiger partial charge in [-0.1, -0.05) is 6.92 Å². The highest BCUT2D eigenvalue weighted by atomic mass is 79.9. The molecule has 1 aromatic rings. The van der Waals surface area contributed by atoms with Crippen LogP contribution >= 0.6 is 15.9 Å². The Kier molecular flexibility index (Phi) is 4.15. The lowest BCUT2D eigenvalue weighted by atomic mass is 10.0. The van der Waals surface area contributed by atoms with Crippen molar-refractivity contribution >= 4 is 21.9 Å². The Morgan fingerprint density at radius 2 is 2.07 bits per heavy atom. The second-order valence-corrected chi connectivity index (χ2v) is 3.81. The maximum absolute atomic E-state index is 11.5. The summed E-state index contributed by atoms with van der Waals surface area (Å²) in [6, 6.07) is 3.52. The summed E-state index contributed by atoms with van der Waals surface area (Å²) in [6.07, 6.45) is 0.715. The molecule has 0 aliphatic carbocycles. The van der Waals surface area contributed by atoms with Crippen LogP contribution in [0.25, 0.3) is 0 Å². The molecule has 4 heteroatoms. The summed E-state index contributed by atoms with van der Waals surface area (Å²) in [4.78, 5) is 11.5. The number of hydrogen-bond donors (Lipinski definition) is 0. The zero-order chi connectivity index (χ0) is 11.4. The van der Waals surface area contributed by atoms with Gasteiger partial charge in [-0.05, 0) is 34.5 Å². The van der Waals surface area contributed by atoms with Gasteiger partial charge in [0.15, 0.2) is 0 Å². The third-order valence-corrected chi connectivity index (χ3v) is 2.80. The highest BCUT2D eigenvalue weighted by Crippen LogP contribution is 2.32. The highest BCUT2D eigenvalue weighted by molar-refractivity contribution is 9.10. The van der Waals surface area contributed by atoms with Gasteiger partial charge < -0.3 is 9.47 Å². The van der Waals surface area contributed by atoms with E-state index in [0.29, 0.717) is 17.7 Å². The van der Waals surface area contributed by atoms with E-state index < -0.39 is 0 Å². The average Bonchev–Trinajstić information content (AvgIpc) is 2.27. The zero-order valence-corrected chi connectivity index (χ0v) is 10.6. The second-order valence-electron chi connectivity index (χ2n) is 2.95. The molecule has 1 rings (SSSR count). The number of ether oxygens (including phenoxy) is 2. The van der Waals surface area contributed by atoms with E-state index in [1.807, 2.05) is 6.92 Å².